The van der Waals surface area contributed by atoms with Crippen LogP contribution in [0.2, 0.25) is 0 Å². The Hall–Kier alpha value is -0.0400. The van der Waals surface area contributed by atoms with E-state index in [9.17, 15) is 0 Å². The van der Waals surface area contributed by atoms with Crippen LogP contribution < -0.4 is 5.73 Å². The van der Waals surface area contributed by atoms with Gasteiger partial charge in [-0.3, -0.25) is 0 Å². The van der Waals surface area contributed by atoms with Gasteiger partial charge >= 0.3 is 0 Å². The quantitative estimate of drug-likeness (QED) is 0.632. The molecule has 2 N–H and O–H groups in total. The fourth-order valence-electron chi connectivity index (χ4n) is 0.833. The summed E-state index contributed by atoms with van der Waals surface area (Å²) < 4.78 is 0. The SMILES string of the molecule is CC(C)CCN.CCCCCC. The van der Waals surface area contributed by atoms with Crippen molar-refractivity contribution < 1.29 is 0 Å². The van der Waals surface area contributed by atoms with Crippen molar-refractivity contribution in [3.05, 3.63) is 0 Å². The van der Waals surface area contributed by atoms with Crippen LogP contribution in [0.1, 0.15) is 59.8 Å². The maximum atomic E-state index is 5.23. The lowest BCUT2D eigenvalue weighted by Crippen LogP contribution is -2.01. The fourth-order valence-corrected chi connectivity index (χ4v) is 0.833. The summed E-state index contributed by atoms with van der Waals surface area (Å²) in [6.45, 7) is 9.64. The van der Waals surface area contributed by atoms with E-state index in [1.807, 2.05) is 0 Å². The van der Waals surface area contributed by atoms with Crippen molar-refractivity contribution in [1.82, 2.24) is 0 Å². The molecule has 0 aliphatic rings. The molecule has 0 aromatic heterocycles. The second-order valence-electron chi connectivity index (χ2n) is 3.68. The summed E-state index contributed by atoms with van der Waals surface area (Å²) in [5, 5.41) is 0. The molecule has 0 bridgehead atoms. The van der Waals surface area contributed by atoms with Crippen LogP contribution in [0.15, 0.2) is 0 Å². The molecule has 76 valence electrons. The molecule has 0 aromatic carbocycles. The topological polar surface area (TPSA) is 26.0 Å². The van der Waals surface area contributed by atoms with Crippen LogP contribution in [0, 0.1) is 5.92 Å². The minimum Gasteiger partial charge on any atom is -0.330 e. The lowest BCUT2D eigenvalue weighted by molar-refractivity contribution is 0.596. The summed E-state index contributed by atoms with van der Waals surface area (Å²) >= 11 is 0. The first-order valence-electron chi connectivity index (χ1n) is 5.39. The van der Waals surface area contributed by atoms with Crippen molar-refractivity contribution in [2.45, 2.75) is 59.8 Å². The largest absolute Gasteiger partial charge is 0.330 e. The number of nitrogens with two attached hydrogens (primary N) is 1. The summed E-state index contributed by atoms with van der Waals surface area (Å²) in [6, 6.07) is 0. The molecule has 0 saturated carbocycles. The van der Waals surface area contributed by atoms with Crippen LogP contribution in [0.25, 0.3) is 0 Å². The van der Waals surface area contributed by atoms with Gasteiger partial charge in [0.15, 0.2) is 0 Å². The Morgan fingerprint density at radius 3 is 1.50 bits per heavy atom. The Bertz CT molecular complexity index is 56.0. The van der Waals surface area contributed by atoms with Crippen molar-refractivity contribution in [2.75, 3.05) is 6.54 Å². The van der Waals surface area contributed by atoms with Crippen LogP contribution in [0.3, 0.4) is 0 Å². The van der Waals surface area contributed by atoms with Crippen LogP contribution in [0.5, 0.6) is 0 Å². The van der Waals surface area contributed by atoms with Crippen molar-refractivity contribution in [2.24, 2.45) is 11.7 Å². The van der Waals surface area contributed by atoms with Crippen LogP contribution in [-0.4, -0.2) is 6.54 Å². The van der Waals surface area contributed by atoms with Crippen molar-refractivity contribution in [3.63, 3.8) is 0 Å². The summed E-state index contributed by atoms with van der Waals surface area (Å²) in [4.78, 5) is 0. The molecule has 0 atom stereocenters. The van der Waals surface area contributed by atoms with Gasteiger partial charge in [-0.1, -0.05) is 53.4 Å². The van der Waals surface area contributed by atoms with Gasteiger partial charge in [-0.2, -0.15) is 0 Å². The second kappa shape index (κ2) is 13.5. The standard InChI is InChI=1S/C6H14.C5H13N/c1-3-5-6-4-2;1-5(2)3-4-6/h3-6H2,1-2H3;5H,3-4,6H2,1-2H3. The number of hydrogen-bond acceptors (Lipinski definition) is 1. The second-order valence-corrected chi connectivity index (χ2v) is 3.68. The average Bonchev–Trinajstić information content (AvgIpc) is 2.02. The molecule has 1 heteroatoms. The first-order chi connectivity index (χ1) is 5.68. The van der Waals surface area contributed by atoms with Gasteiger partial charge in [0.2, 0.25) is 0 Å². The van der Waals surface area contributed by atoms with Crippen molar-refractivity contribution >= 4 is 0 Å². The molecular formula is C11H27N. The third-order valence-electron chi connectivity index (χ3n) is 1.70. The van der Waals surface area contributed by atoms with Crippen molar-refractivity contribution in [1.29, 1.82) is 0 Å². The number of unbranched alkanes of at least 4 members (excludes halogenated alkanes) is 3. The smallest absolute Gasteiger partial charge is 0.00748 e. The predicted octanol–water partition coefficient (Wildman–Crippen LogP) is 3.58. The molecule has 0 radical (unpaired) electrons. The molecule has 0 saturated heterocycles. The van der Waals surface area contributed by atoms with Gasteiger partial charge in [-0.15, -0.1) is 0 Å². The Morgan fingerprint density at radius 2 is 1.42 bits per heavy atom. The maximum Gasteiger partial charge on any atom is -0.00748 e. The molecule has 1 nitrogen and oxygen atoms in total. The third kappa shape index (κ3) is 22.5. The summed E-state index contributed by atoms with van der Waals surface area (Å²) in [7, 11) is 0. The summed E-state index contributed by atoms with van der Waals surface area (Å²) in [5.41, 5.74) is 5.23. The van der Waals surface area contributed by atoms with Crippen LogP contribution in [0.4, 0.5) is 0 Å². The number of rotatable bonds is 5. The molecule has 12 heavy (non-hydrogen) atoms. The Labute approximate surface area is 78.7 Å². The van der Waals surface area contributed by atoms with Crippen molar-refractivity contribution in [3.8, 4) is 0 Å². The lowest BCUT2D eigenvalue weighted by Gasteiger charge is -1.96. The normalized spacial score (nSPS) is 9.50. The highest BCUT2D eigenvalue weighted by Gasteiger charge is 1.85. The third-order valence-corrected chi connectivity index (χ3v) is 1.70. The van der Waals surface area contributed by atoms with Gasteiger partial charge in [0.25, 0.3) is 0 Å². The molecule has 0 heterocycles. The Morgan fingerprint density at radius 1 is 1.00 bits per heavy atom. The molecule has 0 aliphatic carbocycles. The molecule has 0 fully saturated rings. The van der Waals surface area contributed by atoms with Gasteiger partial charge in [-0.25, -0.2) is 0 Å². The molecule has 0 spiro atoms. The zero-order valence-corrected chi connectivity index (χ0v) is 9.40. The van der Waals surface area contributed by atoms with E-state index in [0.717, 1.165) is 18.9 Å². The Kier molecular flexibility index (Phi) is 16.3. The molecular weight excluding hydrogens is 146 g/mol. The highest BCUT2D eigenvalue weighted by atomic mass is 14.5. The van der Waals surface area contributed by atoms with E-state index in [-0.39, 0.29) is 0 Å². The van der Waals surface area contributed by atoms with Crippen LogP contribution in [-0.2, 0) is 0 Å². The zero-order valence-electron chi connectivity index (χ0n) is 9.40. The van der Waals surface area contributed by atoms with Crippen LogP contribution >= 0.6 is 0 Å². The molecule has 0 unspecified atom stereocenters. The van der Waals surface area contributed by atoms with Gasteiger partial charge in [0, 0.05) is 0 Å². The molecule has 0 rings (SSSR count). The molecule has 0 aliphatic heterocycles. The minimum absolute atomic E-state index is 0.773. The highest BCUT2D eigenvalue weighted by Crippen LogP contribution is 1.95. The molecule has 0 amide bonds. The average molecular weight is 173 g/mol. The minimum atomic E-state index is 0.773. The van der Waals surface area contributed by atoms with Gasteiger partial charge in [0.05, 0.1) is 0 Å². The maximum absolute atomic E-state index is 5.23. The predicted molar refractivity (Wildman–Crippen MR) is 58.3 cm³/mol. The monoisotopic (exact) mass is 173 g/mol. The van der Waals surface area contributed by atoms with E-state index in [0.29, 0.717) is 0 Å². The lowest BCUT2D eigenvalue weighted by atomic mass is 10.1. The fraction of sp³-hybridized carbons (Fsp3) is 1.00. The summed E-state index contributed by atoms with van der Waals surface area (Å²) in [6.07, 6.45) is 6.69. The van der Waals surface area contributed by atoms with Gasteiger partial charge < -0.3 is 5.73 Å². The first-order valence-corrected chi connectivity index (χ1v) is 5.39. The van der Waals surface area contributed by atoms with E-state index in [2.05, 4.69) is 27.7 Å². The van der Waals surface area contributed by atoms with E-state index in [1.165, 1.54) is 25.7 Å². The molecule has 0 aromatic rings. The number of hydrogen-bond donors (Lipinski definition) is 1. The van der Waals surface area contributed by atoms with Gasteiger partial charge in [0.1, 0.15) is 0 Å². The Balaban J connectivity index is 0. The van der Waals surface area contributed by atoms with E-state index in [4.69, 9.17) is 5.73 Å². The van der Waals surface area contributed by atoms with E-state index < -0.39 is 0 Å². The highest BCUT2D eigenvalue weighted by molar-refractivity contribution is 4.42. The van der Waals surface area contributed by atoms with E-state index >= 15 is 0 Å². The van der Waals surface area contributed by atoms with Gasteiger partial charge in [-0.05, 0) is 18.9 Å². The zero-order chi connectivity index (χ0) is 9.82. The summed E-state index contributed by atoms with van der Waals surface area (Å²) in [5.74, 6) is 0.773. The van der Waals surface area contributed by atoms with E-state index in [1.54, 1.807) is 0 Å². The first kappa shape index (κ1) is 14.5.